The first-order chi connectivity index (χ1) is 11.0. The van der Waals surface area contributed by atoms with Crippen LogP contribution in [0.4, 0.5) is 0 Å². The van der Waals surface area contributed by atoms with E-state index in [1.807, 2.05) is 4.90 Å². The van der Waals surface area contributed by atoms with Gasteiger partial charge < -0.3 is 9.64 Å². The molecule has 5 heteroatoms. The summed E-state index contributed by atoms with van der Waals surface area (Å²) in [4.78, 5) is 27.8. The fourth-order valence-electron chi connectivity index (χ4n) is 2.98. The van der Waals surface area contributed by atoms with Gasteiger partial charge in [0.05, 0.1) is 0 Å². The lowest BCUT2D eigenvalue weighted by Crippen LogP contribution is -2.51. The second-order valence-corrected chi connectivity index (χ2v) is 6.08. The molecule has 0 radical (unpaired) electrons. The van der Waals surface area contributed by atoms with Crippen molar-refractivity contribution >= 4 is 11.9 Å². The van der Waals surface area contributed by atoms with Crippen LogP contribution in [-0.4, -0.2) is 53.9 Å². The quantitative estimate of drug-likeness (QED) is 0.618. The minimum atomic E-state index is -0.360. The van der Waals surface area contributed by atoms with Gasteiger partial charge in [0.25, 0.3) is 5.91 Å². The second-order valence-electron chi connectivity index (χ2n) is 6.08. The highest BCUT2D eigenvalue weighted by Gasteiger charge is 2.24. The summed E-state index contributed by atoms with van der Waals surface area (Å²) in [6.45, 7) is 9.20. The largest absolute Gasteiger partial charge is 0.427 e. The van der Waals surface area contributed by atoms with Crippen LogP contribution >= 0.6 is 0 Å². The molecule has 0 saturated carbocycles. The molecule has 1 aromatic carbocycles. The van der Waals surface area contributed by atoms with E-state index in [1.54, 1.807) is 24.3 Å². The third-order valence-electron chi connectivity index (χ3n) is 4.29. The van der Waals surface area contributed by atoms with Gasteiger partial charge in [-0.15, -0.1) is 0 Å². The first-order valence-electron chi connectivity index (χ1n) is 8.33. The molecule has 0 bridgehead atoms. The molecular formula is C18H26N2O3. The Morgan fingerprint density at radius 1 is 1.13 bits per heavy atom. The van der Waals surface area contributed by atoms with Crippen molar-refractivity contribution in [3.63, 3.8) is 0 Å². The van der Waals surface area contributed by atoms with E-state index >= 15 is 0 Å². The fourth-order valence-corrected chi connectivity index (χ4v) is 2.98. The van der Waals surface area contributed by atoms with Gasteiger partial charge in [-0.1, -0.05) is 13.3 Å². The van der Waals surface area contributed by atoms with Gasteiger partial charge in [-0.05, 0) is 37.6 Å². The molecule has 23 heavy (non-hydrogen) atoms. The number of nitrogens with zero attached hydrogens (tertiary/aromatic N) is 2. The molecule has 126 valence electrons. The molecule has 0 N–H and O–H groups in total. The summed E-state index contributed by atoms with van der Waals surface area (Å²) < 4.78 is 4.99. The number of ether oxygens (including phenoxy) is 1. The summed E-state index contributed by atoms with van der Waals surface area (Å²) in [6, 6.07) is 7.34. The average Bonchev–Trinajstić information content (AvgIpc) is 2.55. The van der Waals surface area contributed by atoms with Gasteiger partial charge in [0.15, 0.2) is 0 Å². The second kappa shape index (κ2) is 8.11. The van der Waals surface area contributed by atoms with Crippen molar-refractivity contribution in [2.45, 2.75) is 39.7 Å². The molecule has 5 nitrogen and oxygen atoms in total. The minimum Gasteiger partial charge on any atom is -0.427 e. The Morgan fingerprint density at radius 2 is 1.74 bits per heavy atom. The van der Waals surface area contributed by atoms with Crippen LogP contribution in [-0.2, 0) is 4.79 Å². The van der Waals surface area contributed by atoms with E-state index in [-0.39, 0.29) is 11.9 Å². The van der Waals surface area contributed by atoms with Crippen LogP contribution in [0.3, 0.4) is 0 Å². The topological polar surface area (TPSA) is 49.9 Å². The number of carbonyl (C=O) groups is 2. The van der Waals surface area contributed by atoms with Gasteiger partial charge in [-0.2, -0.15) is 0 Å². The van der Waals surface area contributed by atoms with Crippen LogP contribution in [0, 0.1) is 0 Å². The van der Waals surface area contributed by atoms with Crippen LogP contribution in [0.1, 0.15) is 44.0 Å². The summed E-state index contributed by atoms with van der Waals surface area (Å²) in [5, 5.41) is 0. The zero-order valence-electron chi connectivity index (χ0n) is 14.2. The smallest absolute Gasteiger partial charge is 0.308 e. The Labute approximate surface area is 138 Å². The number of hydrogen-bond donors (Lipinski definition) is 0. The molecule has 1 saturated heterocycles. The number of esters is 1. The first-order valence-corrected chi connectivity index (χ1v) is 8.33. The predicted molar refractivity (Wildman–Crippen MR) is 89.6 cm³/mol. The lowest BCUT2D eigenvalue weighted by Gasteiger charge is -2.38. The van der Waals surface area contributed by atoms with E-state index in [2.05, 4.69) is 18.7 Å². The van der Waals surface area contributed by atoms with Gasteiger partial charge in [0.1, 0.15) is 5.75 Å². The fraction of sp³-hybridized carbons (Fsp3) is 0.556. The molecule has 0 aromatic heterocycles. The van der Waals surface area contributed by atoms with Crippen molar-refractivity contribution in [2.75, 3.05) is 26.2 Å². The molecule has 2 rings (SSSR count). The number of piperazine rings is 1. The number of amides is 1. The highest BCUT2D eigenvalue weighted by Crippen LogP contribution is 2.16. The predicted octanol–water partition coefficient (Wildman–Crippen LogP) is 2.56. The summed E-state index contributed by atoms with van der Waals surface area (Å²) in [6.07, 6.45) is 2.39. The Bertz CT molecular complexity index is 534. The Kier molecular flexibility index (Phi) is 6.16. The molecule has 1 unspecified atom stereocenters. The standard InChI is InChI=1S/C18H26N2O3/c1-4-5-14(2)19-10-12-20(13-11-19)18(22)16-6-8-17(9-7-16)23-15(3)21/h6-9,14H,4-5,10-13H2,1-3H3. The lowest BCUT2D eigenvalue weighted by atomic mass is 10.1. The van der Waals surface area contributed by atoms with E-state index in [0.29, 0.717) is 17.4 Å². The molecule has 1 aromatic rings. The zero-order valence-corrected chi connectivity index (χ0v) is 14.2. The SMILES string of the molecule is CCCC(C)N1CCN(C(=O)c2ccc(OC(C)=O)cc2)CC1. The first kappa shape index (κ1) is 17.5. The number of carbonyl (C=O) groups excluding carboxylic acids is 2. The number of benzene rings is 1. The van der Waals surface area contributed by atoms with E-state index < -0.39 is 0 Å². The maximum atomic E-state index is 12.5. The van der Waals surface area contributed by atoms with Gasteiger partial charge >= 0.3 is 5.97 Å². The molecule has 1 heterocycles. The number of rotatable bonds is 5. The normalized spacial score (nSPS) is 16.9. The monoisotopic (exact) mass is 318 g/mol. The lowest BCUT2D eigenvalue weighted by molar-refractivity contribution is -0.131. The third-order valence-corrected chi connectivity index (χ3v) is 4.29. The van der Waals surface area contributed by atoms with Crippen LogP contribution in [0.2, 0.25) is 0 Å². The maximum absolute atomic E-state index is 12.5. The minimum absolute atomic E-state index is 0.0437. The van der Waals surface area contributed by atoms with Crippen LogP contribution in [0.5, 0.6) is 5.75 Å². The summed E-state index contributed by atoms with van der Waals surface area (Å²) in [5.74, 6) is 0.149. The number of hydrogen-bond acceptors (Lipinski definition) is 4. The Balaban J connectivity index is 1.90. The Hall–Kier alpha value is -1.88. The van der Waals surface area contributed by atoms with Crippen molar-refractivity contribution in [3.05, 3.63) is 29.8 Å². The van der Waals surface area contributed by atoms with Crippen molar-refractivity contribution in [1.82, 2.24) is 9.80 Å². The summed E-state index contributed by atoms with van der Waals surface area (Å²) in [7, 11) is 0. The highest BCUT2D eigenvalue weighted by molar-refractivity contribution is 5.94. The van der Waals surface area contributed by atoms with Gasteiger partial charge in [-0.25, -0.2) is 0 Å². The molecule has 1 aliphatic heterocycles. The average molecular weight is 318 g/mol. The molecule has 1 aliphatic rings. The van der Waals surface area contributed by atoms with E-state index in [0.717, 1.165) is 26.2 Å². The van der Waals surface area contributed by atoms with E-state index in [4.69, 9.17) is 4.74 Å². The molecule has 1 fully saturated rings. The van der Waals surface area contributed by atoms with Crippen molar-refractivity contribution in [2.24, 2.45) is 0 Å². The van der Waals surface area contributed by atoms with E-state index in [9.17, 15) is 9.59 Å². The Morgan fingerprint density at radius 3 is 2.26 bits per heavy atom. The molecular weight excluding hydrogens is 292 g/mol. The molecule has 1 amide bonds. The van der Waals surface area contributed by atoms with Crippen molar-refractivity contribution in [1.29, 1.82) is 0 Å². The van der Waals surface area contributed by atoms with Crippen molar-refractivity contribution < 1.29 is 14.3 Å². The van der Waals surface area contributed by atoms with Crippen LogP contribution < -0.4 is 4.74 Å². The highest BCUT2D eigenvalue weighted by atomic mass is 16.5. The van der Waals surface area contributed by atoms with Gasteiger partial charge in [0, 0.05) is 44.7 Å². The third kappa shape index (κ3) is 4.79. The van der Waals surface area contributed by atoms with E-state index in [1.165, 1.54) is 19.8 Å². The van der Waals surface area contributed by atoms with Crippen molar-refractivity contribution in [3.8, 4) is 5.75 Å². The van der Waals surface area contributed by atoms with Gasteiger partial charge in [0.2, 0.25) is 0 Å². The van der Waals surface area contributed by atoms with Gasteiger partial charge in [-0.3, -0.25) is 14.5 Å². The van der Waals surface area contributed by atoms with Crippen LogP contribution in [0.15, 0.2) is 24.3 Å². The zero-order chi connectivity index (χ0) is 16.8. The molecule has 0 spiro atoms. The summed E-state index contributed by atoms with van der Waals surface area (Å²) >= 11 is 0. The van der Waals surface area contributed by atoms with Crippen LogP contribution in [0.25, 0.3) is 0 Å². The summed E-state index contributed by atoms with van der Waals surface area (Å²) in [5.41, 5.74) is 0.635. The molecule has 1 atom stereocenters. The maximum Gasteiger partial charge on any atom is 0.308 e. The molecule has 0 aliphatic carbocycles.